The summed E-state index contributed by atoms with van der Waals surface area (Å²) in [7, 11) is 0. The molecule has 0 aliphatic heterocycles. The lowest BCUT2D eigenvalue weighted by molar-refractivity contribution is -0.385. The van der Waals surface area contributed by atoms with Crippen LogP contribution in [0.15, 0.2) is 78.9 Å². The number of rotatable bonds is 9. The molecular weight excluding hydrogens is 454 g/mol. The number of carbonyl (C=O) groups is 2. The summed E-state index contributed by atoms with van der Waals surface area (Å²) in [5, 5.41) is 14.6. The first-order valence-electron chi connectivity index (χ1n) is 12.0. The third-order valence-electron chi connectivity index (χ3n) is 5.77. The summed E-state index contributed by atoms with van der Waals surface area (Å²) >= 11 is 0. The van der Waals surface area contributed by atoms with Crippen molar-refractivity contribution in [3.8, 4) is 0 Å². The van der Waals surface area contributed by atoms with Gasteiger partial charge in [-0.15, -0.1) is 0 Å². The summed E-state index contributed by atoms with van der Waals surface area (Å²) in [6.45, 7) is 7.86. The van der Waals surface area contributed by atoms with Crippen molar-refractivity contribution in [3.05, 3.63) is 111 Å². The Kier molecular flexibility index (Phi) is 8.59. The van der Waals surface area contributed by atoms with Crippen molar-refractivity contribution in [3.63, 3.8) is 0 Å². The molecule has 3 aromatic carbocycles. The van der Waals surface area contributed by atoms with Crippen LogP contribution < -0.4 is 5.32 Å². The van der Waals surface area contributed by atoms with Gasteiger partial charge in [0.1, 0.15) is 6.04 Å². The van der Waals surface area contributed by atoms with Crippen LogP contribution in [-0.2, 0) is 29.0 Å². The summed E-state index contributed by atoms with van der Waals surface area (Å²) in [5.41, 5.74) is 2.58. The van der Waals surface area contributed by atoms with E-state index in [0.717, 1.165) is 16.7 Å². The molecule has 7 nitrogen and oxygen atoms in total. The van der Waals surface area contributed by atoms with Gasteiger partial charge in [0, 0.05) is 30.1 Å². The summed E-state index contributed by atoms with van der Waals surface area (Å²) in [4.78, 5) is 40.0. The van der Waals surface area contributed by atoms with Gasteiger partial charge in [-0.05, 0) is 38.8 Å². The molecule has 0 fully saturated rings. The first-order chi connectivity index (χ1) is 17.0. The summed E-state index contributed by atoms with van der Waals surface area (Å²) in [5.74, 6) is -0.621. The van der Waals surface area contributed by atoms with Crippen LogP contribution in [0.1, 0.15) is 43.0 Å². The molecule has 2 amide bonds. The molecule has 0 spiro atoms. The highest BCUT2D eigenvalue weighted by Gasteiger charge is 2.33. The molecule has 0 radical (unpaired) electrons. The van der Waals surface area contributed by atoms with Crippen LogP contribution in [-0.4, -0.2) is 33.2 Å². The number of hydrogen-bond acceptors (Lipinski definition) is 4. The Hall–Kier alpha value is -4.00. The molecule has 0 aliphatic carbocycles. The number of carbonyl (C=O) groups excluding carboxylic acids is 2. The lowest BCUT2D eigenvalue weighted by atomic mass is 9.99. The lowest BCUT2D eigenvalue weighted by Gasteiger charge is -2.34. The number of benzene rings is 3. The van der Waals surface area contributed by atoms with Crippen molar-refractivity contribution >= 4 is 17.5 Å². The quantitative estimate of drug-likeness (QED) is 0.340. The van der Waals surface area contributed by atoms with E-state index in [1.165, 1.54) is 6.07 Å². The number of nitrogens with one attached hydrogen (secondary N) is 1. The number of aryl methyl sites for hydroxylation is 1. The van der Waals surface area contributed by atoms with Crippen molar-refractivity contribution in [2.75, 3.05) is 0 Å². The zero-order valence-electron chi connectivity index (χ0n) is 21.2. The van der Waals surface area contributed by atoms with Crippen molar-refractivity contribution in [2.24, 2.45) is 0 Å². The molecule has 0 saturated carbocycles. The van der Waals surface area contributed by atoms with Gasteiger partial charge in [-0.2, -0.15) is 0 Å². The minimum atomic E-state index is -0.803. The Morgan fingerprint density at radius 2 is 1.53 bits per heavy atom. The molecule has 7 heteroatoms. The highest BCUT2D eigenvalue weighted by molar-refractivity contribution is 5.89. The Bertz CT molecular complexity index is 1200. The predicted molar refractivity (Wildman–Crippen MR) is 140 cm³/mol. The number of nitro groups is 1. The molecule has 188 valence electrons. The van der Waals surface area contributed by atoms with Gasteiger partial charge in [0.15, 0.2) is 0 Å². The van der Waals surface area contributed by atoms with E-state index < -0.39 is 16.5 Å². The zero-order chi connectivity index (χ0) is 26.3. The van der Waals surface area contributed by atoms with Crippen LogP contribution in [0, 0.1) is 17.0 Å². The highest BCUT2D eigenvalue weighted by Crippen LogP contribution is 2.22. The number of nitrogens with zero attached hydrogens (tertiary/aromatic N) is 2. The van der Waals surface area contributed by atoms with Gasteiger partial charge in [-0.3, -0.25) is 19.7 Å². The van der Waals surface area contributed by atoms with E-state index in [0.29, 0.717) is 12.0 Å². The Morgan fingerprint density at radius 1 is 0.917 bits per heavy atom. The van der Waals surface area contributed by atoms with E-state index in [2.05, 4.69) is 5.32 Å². The van der Waals surface area contributed by atoms with Gasteiger partial charge in [-0.1, -0.05) is 78.4 Å². The Morgan fingerprint density at radius 3 is 2.14 bits per heavy atom. The first kappa shape index (κ1) is 26.6. The molecule has 1 atom stereocenters. The lowest BCUT2D eigenvalue weighted by Crippen LogP contribution is -2.54. The molecule has 0 aromatic heterocycles. The smallest absolute Gasteiger partial charge is 0.273 e. The highest BCUT2D eigenvalue weighted by atomic mass is 16.6. The van der Waals surface area contributed by atoms with Crippen molar-refractivity contribution in [1.29, 1.82) is 0 Å². The molecule has 1 unspecified atom stereocenters. The number of hydrogen-bond donors (Lipinski definition) is 1. The normalized spacial score (nSPS) is 12.0. The van der Waals surface area contributed by atoms with E-state index in [9.17, 15) is 19.7 Å². The fourth-order valence-electron chi connectivity index (χ4n) is 4.00. The second kappa shape index (κ2) is 11.6. The molecular formula is C29H33N3O4. The van der Waals surface area contributed by atoms with Crippen LogP contribution in [0.2, 0.25) is 0 Å². The maximum atomic E-state index is 13.8. The molecule has 0 aliphatic rings. The molecule has 0 saturated heterocycles. The molecule has 36 heavy (non-hydrogen) atoms. The maximum absolute atomic E-state index is 13.8. The van der Waals surface area contributed by atoms with Crippen LogP contribution in [0.4, 0.5) is 5.69 Å². The molecule has 0 heterocycles. The topological polar surface area (TPSA) is 92.6 Å². The third-order valence-corrected chi connectivity index (χ3v) is 5.77. The minimum Gasteiger partial charge on any atom is -0.350 e. The largest absolute Gasteiger partial charge is 0.350 e. The Labute approximate surface area is 212 Å². The van der Waals surface area contributed by atoms with E-state index >= 15 is 0 Å². The zero-order valence-corrected chi connectivity index (χ0v) is 21.2. The molecule has 0 bridgehead atoms. The Balaban J connectivity index is 2.02. The third kappa shape index (κ3) is 7.50. The number of para-hydroxylation sites is 1. The van der Waals surface area contributed by atoms with Crippen LogP contribution >= 0.6 is 0 Å². The summed E-state index contributed by atoms with van der Waals surface area (Å²) in [6, 6.07) is 22.7. The molecule has 3 rings (SSSR count). The predicted octanol–water partition coefficient (Wildman–Crippen LogP) is 5.00. The molecule has 1 N–H and O–H groups in total. The summed E-state index contributed by atoms with van der Waals surface area (Å²) in [6.07, 6.45) is 0.133. The standard InChI is InChI=1S/C29H33N3O4/c1-21-14-16-23(17-15-21)20-31(27(33)19-24-12-8-9-13-25(24)32(35)36)26(28(34)30-29(2,3)4)18-22-10-6-5-7-11-22/h5-17,26H,18-20H2,1-4H3,(H,30,34). The van der Waals surface area contributed by atoms with Gasteiger partial charge in [-0.25, -0.2) is 0 Å². The fraction of sp³-hybridized carbons (Fsp3) is 0.310. The van der Waals surface area contributed by atoms with E-state index in [1.807, 2.05) is 82.3 Å². The SMILES string of the molecule is Cc1ccc(CN(C(=O)Cc2ccccc2[N+](=O)[O-])C(Cc2ccccc2)C(=O)NC(C)(C)C)cc1. The average molecular weight is 488 g/mol. The van der Waals surface area contributed by atoms with Crippen LogP contribution in [0.3, 0.4) is 0 Å². The van der Waals surface area contributed by atoms with E-state index in [-0.39, 0.29) is 30.5 Å². The second-order valence-electron chi connectivity index (χ2n) is 10.0. The monoisotopic (exact) mass is 487 g/mol. The minimum absolute atomic E-state index is 0.111. The van der Waals surface area contributed by atoms with Gasteiger partial charge < -0.3 is 10.2 Å². The van der Waals surface area contributed by atoms with Gasteiger partial charge in [0.25, 0.3) is 5.69 Å². The van der Waals surface area contributed by atoms with Crippen LogP contribution in [0.25, 0.3) is 0 Å². The van der Waals surface area contributed by atoms with Crippen LogP contribution in [0.5, 0.6) is 0 Å². The first-order valence-corrected chi connectivity index (χ1v) is 12.0. The van der Waals surface area contributed by atoms with E-state index in [1.54, 1.807) is 23.1 Å². The van der Waals surface area contributed by atoms with Crippen molar-refractivity contribution in [2.45, 2.75) is 58.7 Å². The van der Waals surface area contributed by atoms with Gasteiger partial charge >= 0.3 is 0 Å². The number of nitro benzene ring substituents is 1. The maximum Gasteiger partial charge on any atom is 0.273 e. The van der Waals surface area contributed by atoms with E-state index in [4.69, 9.17) is 0 Å². The summed E-state index contributed by atoms with van der Waals surface area (Å²) < 4.78 is 0. The van der Waals surface area contributed by atoms with Crippen molar-refractivity contribution < 1.29 is 14.5 Å². The molecule has 3 aromatic rings. The van der Waals surface area contributed by atoms with Gasteiger partial charge in [0.2, 0.25) is 11.8 Å². The second-order valence-corrected chi connectivity index (χ2v) is 10.0. The fourth-order valence-corrected chi connectivity index (χ4v) is 4.00. The number of amides is 2. The average Bonchev–Trinajstić information content (AvgIpc) is 2.82. The van der Waals surface area contributed by atoms with Gasteiger partial charge in [0.05, 0.1) is 11.3 Å². The van der Waals surface area contributed by atoms with Crippen molar-refractivity contribution in [1.82, 2.24) is 10.2 Å².